The first kappa shape index (κ1) is 22.0. The number of allylic oxidation sites excluding steroid dienone is 3. The molecule has 0 fully saturated rings. The van der Waals surface area contributed by atoms with Crippen LogP contribution in [0.2, 0.25) is 0 Å². The molecule has 1 atom stereocenters. The quantitative estimate of drug-likeness (QED) is 0.543. The van der Waals surface area contributed by atoms with E-state index in [4.69, 9.17) is 13.9 Å². The molecule has 0 amide bonds. The number of carbonyl (C=O) groups excluding carboxylic acids is 2. The summed E-state index contributed by atoms with van der Waals surface area (Å²) in [5.74, 6) is -1.49. The van der Waals surface area contributed by atoms with Crippen LogP contribution in [0.25, 0.3) is 11.0 Å². The molecule has 2 aromatic rings. The van der Waals surface area contributed by atoms with Crippen molar-refractivity contribution in [2.75, 3.05) is 13.2 Å². The predicted molar refractivity (Wildman–Crippen MR) is 119 cm³/mol. The molecule has 2 heterocycles. The Labute approximate surface area is 186 Å². The molecular formula is C25H27NO6. The molecule has 32 heavy (non-hydrogen) atoms. The predicted octanol–water partition coefficient (Wildman–Crippen LogP) is 3.73. The lowest BCUT2D eigenvalue weighted by atomic mass is 9.75. The lowest BCUT2D eigenvalue weighted by molar-refractivity contribution is -0.141. The van der Waals surface area contributed by atoms with Crippen molar-refractivity contribution in [2.24, 2.45) is 0 Å². The second kappa shape index (κ2) is 9.12. The van der Waals surface area contributed by atoms with Crippen molar-refractivity contribution in [1.82, 2.24) is 5.32 Å². The highest BCUT2D eigenvalue weighted by Gasteiger charge is 2.40. The minimum Gasteiger partial charge on any atom is -0.464 e. The van der Waals surface area contributed by atoms with Crippen LogP contribution in [0.1, 0.15) is 51.5 Å². The summed E-state index contributed by atoms with van der Waals surface area (Å²) in [5.41, 5.74) is 2.50. The second-order valence-corrected chi connectivity index (χ2v) is 8.34. The molecule has 0 bridgehead atoms. The van der Waals surface area contributed by atoms with Gasteiger partial charge in [-0.1, -0.05) is 12.1 Å². The van der Waals surface area contributed by atoms with Gasteiger partial charge in [-0.05, 0) is 45.7 Å². The van der Waals surface area contributed by atoms with Crippen LogP contribution in [-0.2, 0) is 19.1 Å². The number of ketones is 1. The van der Waals surface area contributed by atoms with Crippen LogP contribution < -0.4 is 10.7 Å². The van der Waals surface area contributed by atoms with Gasteiger partial charge in [0.2, 0.25) is 0 Å². The van der Waals surface area contributed by atoms with Gasteiger partial charge in [-0.3, -0.25) is 9.59 Å². The molecule has 0 radical (unpaired) electrons. The Morgan fingerprint density at radius 1 is 1.19 bits per heavy atom. The van der Waals surface area contributed by atoms with E-state index in [0.717, 1.165) is 12.1 Å². The second-order valence-electron chi connectivity index (χ2n) is 8.34. The van der Waals surface area contributed by atoms with Gasteiger partial charge >= 0.3 is 5.97 Å². The lowest BCUT2D eigenvalue weighted by Crippen LogP contribution is -2.36. The number of ether oxygens (including phenoxy) is 2. The fraction of sp³-hybridized carbons (Fsp3) is 0.400. The van der Waals surface area contributed by atoms with Gasteiger partial charge in [0.15, 0.2) is 11.2 Å². The molecule has 1 N–H and O–H groups in total. The molecule has 7 nitrogen and oxygen atoms in total. The van der Waals surface area contributed by atoms with Crippen LogP contribution in [0.4, 0.5) is 0 Å². The largest absolute Gasteiger partial charge is 0.464 e. The first-order chi connectivity index (χ1) is 15.4. The minimum absolute atomic E-state index is 0.0218. The SMILES string of the molecule is CC1=C(C(=O)OCCOC(C)C)C(c2coc3ccccc3c2=O)C2=C(CCCC2=O)N1. The Balaban J connectivity index is 1.79. The summed E-state index contributed by atoms with van der Waals surface area (Å²) >= 11 is 0. The fourth-order valence-electron chi connectivity index (χ4n) is 4.35. The summed E-state index contributed by atoms with van der Waals surface area (Å²) in [6.07, 6.45) is 3.17. The molecule has 1 aromatic carbocycles. The highest BCUT2D eigenvalue weighted by atomic mass is 16.6. The van der Waals surface area contributed by atoms with E-state index in [1.165, 1.54) is 6.26 Å². The molecule has 2 aliphatic rings. The molecule has 1 aromatic heterocycles. The van der Waals surface area contributed by atoms with E-state index in [1.54, 1.807) is 31.2 Å². The number of hydrogen-bond donors (Lipinski definition) is 1. The number of rotatable bonds is 6. The molecule has 1 unspecified atom stereocenters. The van der Waals surface area contributed by atoms with E-state index >= 15 is 0 Å². The molecule has 0 saturated heterocycles. The van der Waals surface area contributed by atoms with E-state index in [2.05, 4.69) is 5.32 Å². The molecular weight excluding hydrogens is 410 g/mol. The third kappa shape index (κ3) is 4.12. The zero-order chi connectivity index (χ0) is 22.8. The monoisotopic (exact) mass is 437 g/mol. The van der Waals surface area contributed by atoms with E-state index < -0.39 is 11.9 Å². The Bertz CT molecular complexity index is 1190. The number of para-hydroxylation sites is 1. The van der Waals surface area contributed by atoms with Crippen LogP contribution in [0.3, 0.4) is 0 Å². The van der Waals surface area contributed by atoms with Gasteiger partial charge in [0, 0.05) is 29.0 Å². The van der Waals surface area contributed by atoms with Gasteiger partial charge < -0.3 is 19.2 Å². The first-order valence-electron chi connectivity index (χ1n) is 10.9. The molecule has 1 aliphatic heterocycles. The van der Waals surface area contributed by atoms with Gasteiger partial charge in [0.1, 0.15) is 12.2 Å². The highest BCUT2D eigenvalue weighted by molar-refractivity contribution is 6.04. The molecule has 7 heteroatoms. The third-order valence-corrected chi connectivity index (χ3v) is 5.78. The molecule has 0 spiro atoms. The molecule has 4 rings (SSSR count). The average Bonchev–Trinajstić information content (AvgIpc) is 2.76. The fourth-order valence-corrected chi connectivity index (χ4v) is 4.35. The summed E-state index contributed by atoms with van der Waals surface area (Å²) in [6, 6.07) is 6.94. The summed E-state index contributed by atoms with van der Waals surface area (Å²) in [4.78, 5) is 39.5. The van der Waals surface area contributed by atoms with Crippen molar-refractivity contribution in [2.45, 2.75) is 52.1 Å². The van der Waals surface area contributed by atoms with Crippen molar-refractivity contribution >= 4 is 22.7 Å². The summed E-state index contributed by atoms with van der Waals surface area (Å²) in [5, 5.41) is 3.63. The Hall–Kier alpha value is -3.19. The van der Waals surface area contributed by atoms with Crippen LogP contribution in [0.5, 0.6) is 0 Å². The molecule has 0 saturated carbocycles. The summed E-state index contributed by atoms with van der Waals surface area (Å²) in [7, 11) is 0. The Morgan fingerprint density at radius 2 is 1.97 bits per heavy atom. The average molecular weight is 437 g/mol. The van der Waals surface area contributed by atoms with Crippen LogP contribution >= 0.6 is 0 Å². The van der Waals surface area contributed by atoms with E-state index in [-0.39, 0.29) is 41.7 Å². The summed E-state index contributed by atoms with van der Waals surface area (Å²) < 4.78 is 16.6. The number of esters is 1. The third-order valence-electron chi connectivity index (χ3n) is 5.78. The maximum Gasteiger partial charge on any atom is 0.336 e. The lowest BCUT2D eigenvalue weighted by Gasteiger charge is -2.33. The number of carbonyl (C=O) groups is 2. The van der Waals surface area contributed by atoms with Gasteiger partial charge in [-0.25, -0.2) is 4.79 Å². The van der Waals surface area contributed by atoms with Gasteiger partial charge in [-0.2, -0.15) is 0 Å². The van der Waals surface area contributed by atoms with E-state index in [0.29, 0.717) is 35.1 Å². The number of benzene rings is 1. The number of Topliss-reactive ketones (excluding diaryl/α,β-unsaturated/α-hetero) is 1. The number of hydrogen-bond acceptors (Lipinski definition) is 7. The van der Waals surface area contributed by atoms with Crippen molar-refractivity contribution in [1.29, 1.82) is 0 Å². The first-order valence-corrected chi connectivity index (χ1v) is 10.9. The van der Waals surface area contributed by atoms with E-state index in [9.17, 15) is 14.4 Å². The highest BCUT2D eigenvalue weighted by Crippen LogP contribution is 2.41. The van der Waals surface area contributed by atoms with Crippen molar-refractivity contribution in [3.63, 3.8) is 0 Å². The minimum atomic E-state index is -0.835. The van der Waals surface area contributed by atoms with Crippen LogP contribution in [-0.4, -0.2) is 31.1 Å². The van der Waals surface area contributed by atoms with Crippen molar-refractivity contribution in [3.05, 3.63) is 68.9 Å². The Kier molecular flexibility index (Phi) is 6.28. The van der Waals surface area contributed by atoms with Gasteiger partial charge in [-0.15, -0.1) is 0 Å². The van der Waals surface area contributed by atoms with Gasteiger partial charge in [0.05, 0.1) is 35.9 Å². The number of dihydropyridines is 1. The van der Waals surface area contributed by atoms with Crippen molar-refractivity contribution < 1.29 is 23.5 Å². The van der Waals surface area contributed by atoms with Crippen LogP contribution in [0.15, 0.2) is 62.3 Å². The van der Waals surface area contributed by atoms with Gasteiger partial charge in [0.25, 0.3) is 0 Å². The van der Waals surface area contributed by atoms with E-state index in [1.807, 2.05) is 13.8 Å². The zero-order valence-corrected chi connectivity index (χ0v) is 18.5. The number of fused-ring (bicyclic) bond motifs is 1. The van der Waals surface area contributed by atoms with Crippen molar-refractivity contribution in [3.8, 4) is 0 Å². The molecule has 168 valence electrons. The normalized spacial score (nSPS) is 18.8. The molecule has 1 aliphatic carbocycles. The zero-order valence-electron chi connectivity index (χ0n) is 18.5. The summed E-state index contributed by atoms with van der Waals surface area (Å²) in [6.45, 7) is 5.90. The standard InChI is InChI=1S/C25H27NO6/c1-14(2)30-11-12-31-25(29)21-15(3)26-18-8-6-9-19(27)23(18)22(21)17-13-32-20-10-5-4-7-16(20)24(17)28/h4-5,7,10,13-14,22,26H,6,8-9,11-12H2,1-3H3. The topological polar surface area (TPSA) is 94.8 Å². The maximum absolute atomic E-state index is 13.4. The van der Waals surface area contributed by atoms with Crippen LogP contribution in [0, 0.1) is 0 Å². The maximum atomic E-state index is 13.4. The number of nitrogens with one attached hydrogen (secondary N) is 1. The Morgan fingerprint density at radius 3 is 2.75 bits per heavy atom. The smallest absolute Gasteiger partial charge is 0.336 e.